The van der Waals surface area contributed by atoms with Crippen LogP contribution in [-0.4, -0.2) is 44.7 Å². The van der Waals surface area contributed by atoms with Gasteiger partial charge >= 0.3 is 0 Å². The minimum absolute atomic E-state index is 0.108. The molecule has 154 valence electrons. The molecule has 1 atom stereocenters. The number of rotatable bonds is 5. The Labute approximate surface area is 174 Å². The summed E-state index contributed by atoms with van der Waals surface area (Å²) in [6, 6.07) is 7.50. The van der Waals surface area contributed by atoms with Crippen molar-refractivity contribution in [3.63, 3.8) is 0 Å². The fraction of sp³-hybridized carbons (Fsp3) is 0.364. The summed E-state index contributed by atoms with van der Waals surface area (Å²) in [5, 5.41) is 4.36. The molecule has 7 nitrogen and oxygen atoms in total. The smallest absolute Gasteiger partial charge is 0.165 e. The lowest BCUT2D eigenvalue weighted by Gasteiger charge is -2.18. The van der Waals surface area contributed by atoms with E-state index in [4.69, 9.17) is 4.74 Å². The number of nitrogens with zero attached hydrogens (tertiary/aromatic N) is 6. The van der Waals surface area contributed by atoms with Gasteiger partial charge in [0.05, 0.1) is 30.1 Å². The van der Waals surface area contributed by atoms with Crippen molar-refractivity contribution in [1.29, 1.82) is 0 Å². The fourth-order valence-electron chi connectivity index (χ4n) is 4.07. The maximum Gasteiger partial charge on any atom is 0.165 e. The molecule has 1 saturated heterocycles. The van der Waals surface area contributed by atoms with Gasteiger partial charge in [-0.05, 0) is 44.0 Å². The molecular weight excluding hydrogens is 383 g/mol. The summed E-state index contributed by atoms with van der Waals surface area (Å²) >= 11 is 0. The highest BCUT2D eigenvalue weighted by Crippen LogP contribution is 2.31. The van der Waals surface area contributed by atoms with Crippen LogP contribution in [0.25, 0.3) is 0 Å². The second kappa shape index (κ2) is 7.51. The second-order valence-corrected chi connectivity index (χ2v) is 7.91. The van der Waals surface area contributed by atoms with E-state index in [2.05, 4.69) is 25.0 Å². The fourth-order valence-corrected chi connectivity index (χ4v) is 4.07. The summed E-state index contributed by atoms with van der Waals surface area (Å²) in [7, 11) is 0. The van der Waals surface area contributed by atoms with Gasteiger partial charge in [0.15, 0.2) is 11.6 Å². The van der Waals surface area contributed by atoms with Crippen LogP contribution in [0.3, 0.4) is 0 Å². The van der Waals surface area contributed by atoms with Crippen LogP contribution < -0.4 is 9.64 Å². The highest BCUT2D eigenvalue weighted by Gasteiger charge is 2.27. The van der Waals surface area contributed by atoms with E-state index >= 15 is 0 Å². The van der Waals surface area contributed by atoms with Crippen molar-refractivity contribution in [2.75, 3.05) is 18.0 Å². The Morgan fingerprint density at radius 3 is 2.90 bits per heavy atom. The lowest BCUT2D eigenvalue weighted by molar-refractivity contribution is 0.231. The van der Waals surface area contributed by atoms with Gasteiger partial charge in [0.1, 0.15) is 12.1 Å². The SMILES string of the molecule is CC(C)Oc1cc2c(cc1F)CN=C2c1cc(N2CCC(n3cccn3)C2)ncn1. The summed E-state index contributed by atoms with van der Waals surface area (Å²) in [6.07, 6.45) is 6.28. The normalized spacial score (nSPS) is 18.1. The van der Waals surface area contributed by atoms with Crippen LogP contribution in [-0.2, 0) is 6.54 Å². The molecule has 1 aromatic carbocycles. The van der Waals surface area contributed by atoms with Gasteiger partial charge in [0.2, 0.25) is 0 Å². The van der Waals surface area contributed by atoms with Gasteiger partial charge in [-0.25, -0.2) is 14.4 Å². The molecule has 3 aromatic rings. The molecule has 0 radical (unpaired) electrons. The van der Waals surface area contributed by atoms with Crippen molar-refractivity contribution < 1.29 is 9.13 Å². The van der Waals surface area contributed by atoms with Crippen molar-refractivity contribution in [3.05, 3.63) is 65.6 Å². The summed E-state index contributed by atoms with van der Waals surface area (Å²) in [4.78, 5) is 15.8. The Hall–Kier alpha value is -3.29. The highest BCUT2D eigenvalue weighted by atomic mass is 19.1. The molecule has 30 heavy (non-hydrogen) atoms. The van der Waals surface area contributed by atoms with Gasteiger partial charge in [-0.3, -0.25) is 9.67 Å². The quantitative estimate of drug-likeness (QED) is 0.650. The summed E-state index contributed by atoms with van der Waals surface area (Å²) in [5.41, 5.74) is 3.21. The first-order valence-electron chi connectivity index (χ1n) is 10.2. The van der Waals surface area contributed by atoms with Crippen molar-refractivity contribution in [2.45, 2.75) is 39.0 Å². The monoisotopic (exact) mass is 406 g/mol. The molecule has 2 aromatic heterocycles. The van der Waals surface area contributed by atoms with Crippen LogP contribution in [0.1, 0.15) is 43.1 Å². The van der Waals surface area contributed by atoms with E-state index in [1.54, 1.807) is 18.6 Å². The Bertz CT molecular complexity index is 1100. The average molecular weight is 406 g/mol. The third-order valence-electron chi connectivity index (χ3n) is 5.46. The number of hydrogen-bond donors (Lipinski definition) is 0. The minimum atomic E-state index is -0.357. The standard InChI is InChI=1S/C22H23FN6O/c1-14(2)30-20-9-17-15(8-18(20)23)11-24-22(17)19-10-21(26-13-25-19)28-7-4-16(12-28)29-6-3-5-27-29/h3,5-6,8-10,13-14,16H,4,7,11-12H2,1-2H3. The van der Waals surface area contributed by atoms with E-state index in [1.807, 2.05) is 36.9 Å². The molecule has 0 amide bonds. The number of fused-ring (bicyclic) bond motifs is 1. The zero-order chi connectivity index (χ0) is 20.7. The van der Waals surface area contributed by atoms with Crippen molar-refractivity contribution in [3.8, 4) is 5.75 Å². The van der Waals surface area contributed by atoms with Gasteiger partial charge < -0.3 is 9.64 Å². The molecular formula is C22H23FN6O. The Morgan fingerprint density at radius 1 is 1.20 bits per heavy atom. The minimum Gasteiger partial charge on any atom is -0.488 e. The van der Waals surface area contributed by atoms with Gasteiger partial charge in [-0.1, -0.05) is 0 Å². The van der Waals surface area contributed by atoms with Crippen LogP contribution >= 0.6 is 0 Å². The number of anilines is 1. The third-order valence-corrected chi connectivity index (χ3v) is 5.46. The van der Waals surface area contributed by atoms with Crippen LogP contribution in [0, 0.1) is 5.82 Å². The van der Waals surface area contributed by atoms with Crippen molar-refractivity contribution >= 4 is 11.5 Å². The largest absolute Gasteiger partial charge is 0.488 e. The molecule has 0 aliphatic carbocycles. The number of halogens is 1. The molecule has 1 unspecified atom stereocenters. The number of benzene rings is 1. The van der Waals surface area contributed by atoms with Crippen LogP contribution in [0.4, 0.5) is 10.2 Å². The van der Waals surface area contributed by atoms with E-state index in [1.165, 1.54) is 6.07 Å². The molecule has 5 rings (SSSR count). The van der Waals surface area contributed by atoms with Crippen LogP contribution in [0.15, 0.2) is 48.0 Å². The first-order valence-corrected chi connectivity index (χ1v) is 10.2. The first-order chi connectivity index (χ1) is 14.6. The molecule has 0 bridgehead atoms. The van der Waals surface area contributed by atoms with Crippen LogP contribution in [0.2, 0.25) is 0 Å². The topological polar surface area (TPSA) is 68.4 Å². The number of hydrogen-bond acceptors (Lipinski definition) is 6. The molecule has 2 aliphatic rings. The first kappa shape index (κ1) is 18.7. The molecule has 0 saturated carbocycles. The number of aromatic nitrogens is 4. The summed E-state index contributed by atoms with van der Waals surface area (Å²) in [6.45, 7) is 5.95. The summed E-state index contributed by atoms with van der Waals surface area (Å²) < 4.78 is 22.0. The van der Waals surface area contributed by atoms with Crippen molar-refractivity contribution in [2.24, 2.45) is 4.99 Å². The highest BCUT2D eigenvalue weighted by molar-refractivity contribution is 6.14. The molecule has 1 fully saturated rings. The van der Waals surface area contributed by atoms with E-state index in [0.29, 0.717) is 12.6 Å². The number of aliphatic imine (C=N–C) groups is 1. The maximum absolute atomic E-state index is 14.3. The lowest BCUT2D eigenvalue weighted by atomic mass is 10.0. The lowest BCUT2D eigenvalue weighted by Crippen LogP contribution is -2.22. The molecule has 8 heteroatoms. The van der Waals surface area contributed by atoms with Gasteiger partial charge in [0, 0.05) is 37.1 Å². The van der Waals surface area contributed by atoms with E-state index < -0.39 is 0 Å². The predicted molar refractivity (Wildman–Crippen MR) is 112 cm³/mol. The zero-order valence-electron chi connectivity index (χ0n) is 17.0. The molecule has 2 aliphatic heterocycles. The van der Waals surface area contributed by atoms with Gasteiger partial charge in [-0.15, -0.1) is 0 Å². The van der Waals surface area contributed by atoms with Gasteiger partial charge in [-0.2, -0.15) is 5.10 Å². The zero-order valence-corrected chi connectivity index (χ0v) is 17.0. The average Bonchev–Trinajstić information content (AvgIpc) is 3.48. The van der Waals surface area contributed by atoms with Crippen molar-refractivity contribution in [1.82, 2.24) is 19.7 Å². The molecule has 0 N–H and O–H groups in total. The van der Waals surface area contributed by atoms with E-state index in [9.17, 15) is 4.39 Å². The summed E-state index contributed by atoms with van der Waals surface area (Å²) in [5.74, 6) is 0.754. The van der Waals surface area contributed by atoms with Crippen LogP contribution in [0.5, 0.6) is 5.75 Å². The van der Waals surface area contributed by atoms with E-state index in [-0.39, 0.29) is 17.7 Å². The number of ether oxygens (including phenoxy) is 1. The van der Waals surface area contributed by atoms with E-state index in [0.717, 1.165) is 47.9 Å². The third kappa shape index (κ3) is 3.42. The molecule has 4 heterocycles. The van der Waals surface area contributed by atoms with Gasteiger partial charge in [0.25, 0.3) is 0 Å². The predicted octanol–water partition coefficient (Wildman–Crippen LogP) is 3.40. The molecule has 0 spiro atoms. The Balaban J connectivity index is 1.41. The maximum atomic E-state index is 14.3. The second-order valence-electron chi connectivity index (χ2n) is 7.91. The Kier molecular flexibility index (Phi) is 4.69. The Morgan fingerprint density at radius 2 is 2.10 bits per heavy atom.